The van der Waals surface area contributed by atoms with Gasteiger partial charge in [0.1, 0.15) is 5.82 Å². The molecule has 1 aliphatic rings. The minimum Gasteiger partial charge on any atom is -0.344 e. The average molecular weight is 414 g/mol. The molecule has 1 heterocycles. The molecule has 8 heteroatoms. The summed E-state index contributed by atoms with van der Waals surface area (Å²) in [5, 5.41) is 3.12. The van der Waals surface area contributed by atoms with E-state index in [1.165, 1.54) is 23.6 Å². The number of aromatic amines is 1. The van der Waals surface area contributed by atoms with Crippen LogP contribution in [0, 0.1) is 0 Å². The number of rotatable bonds is 9. The zero-order valence-corrected chi connectivity index (χ0v) is 18.0. The largest absolute Gasteiger partial charge is 0.344 e. The molecular weight excluding hydrogens is 382 g/mol. The van der Waals surface area contributed by atoms with E-state index in [2.05, 4.69) is 22.4 Å². The van der Waals surface area contributed by atoms with Gasteiger partial charge in [0, 0.05) is 44.9 Å². The molecule has 2 N–H and O–H groups in total. The second-order valence-electron chi connectivity index (χ2n) is 8.16. The highest BCUT2D eigenvalue weighted by Crippen LogP contribution is 2.25. The number of carbonyl (C=O) groups is 1. The molecule has 1 aromatic carbocycles. The molecule has 0 atom stereocenters. The molecule has 162 valence electrons. The third-order valence-electron chi connectivity index (χ3n) is 5.48. The van der Waals surface area contributed by atoms with Gasteiger partial charge in [-0.25, -0.2) is 4.79 Å². The van der Waals surface area contributed by atoms with E-state index in [1.807, 2.05) is 25.1 Å². The Bertz CT molecular complexity index is 977. The lowest BCUT2D eigenvalue weighted by Gasteiger charge is -2.19. The van der Waals surface area contributed by atoms with Gasteiger partial charge in [-0.15, -0.1) is 0 Å². The highest BCUT2D eigenvalue weighted by atomic mass is 16.2. The second-order valence-corrected chi connectivity index (χ2v) is 8.16. The van der Waals surface area contributed by atoms with Crippen LogP contribution in [-0.4, -0.2) is 59.5 Å². The summed E-state index contributed by atoms with van der Waals surface area (Å²) in [6.07, 6.45) is 4.07. The van der Waals surface area contributed by atoms with E-state index in [9.17, 15) is 14.4 Å². The first kappa shape index (κ1) is 21.8. The Hall–Kier alpha value is -2.87. The van der Waals surface area contributed by atoms with Gasteiger partial charge in [0.2, 0.25) is 5.91 Å². The van der Waals surface area contributed by atoms with Crippen LogP contribution in [0.4, 0.5) is 11.5 Å². The van der Waals surface area contributed by atoms with Crippen LogP contribution in [0.2, 0.25) is 0 Å². The van der Waals surface area contributed by atoms with Gasteiger partial charge in [0.25, 0.3) is 5.56 Å². The summed E-state index contributed by atoms with van der Waals surface area (Å²) in [4.78, 5) is 43.4. The summed E-state index contributed by atoms with van der Waals surface area (Å²) in [6, 6.07) is 7.52. The molecule has 0 bridgehead atoms. The van der Waals surface area contributed by atoms with Crippen molar-refractivity contribution >= 4 is 17.4 Å². The van der Waals surface area contributed by atoms with Gasteiger partial charge in [-0.2, -0.15) is 0 Å². The monoisotopic (exact) mass is 413 g/mol. The highest BCUT2D eigenvalue weighted by Gasteiger charge is 2.12. The lowest BCUT2D eigenvalue weighted by Crippen LogP contribution is -2.36. The van der Waals surface area contributed by atoms with Crippen LogP contribution >= 0.6 is 0 Å². The minimum atomic E-state index is -0.473. The quantitative estimate of drug-likeness (QED) is 0.651. The summed E-state index contributed by atoms with van der Waals surface area (Å²) in [5.74, 6) is 0.384. The van der Waals surface area contributed by atoms with Crippen molar-refractivity contribution in [3.05, 3.63) is 56.2 Å². The Balaban J connectivity index is 1.58. The zero-order valence-electron chi connectivity index (χ0n) is 18.0. The second kappa shape index (κ2) is 9.75. The molecule has 0 spiro atoms. The molecule has 8 nitrogen and oxygen atoms in total. The average Bonchev–Trinajstić information content (AvgIpc) is 3.15. The van der Waals surface area contributed by atoms with Crippen LogP contribution < -0.4 is 16.6 Å². The standard InChI is InChI=1S/C22H31N5O3/c1-25(2)12-13-26(3)20(28)8-5-11-27-21(29)15-19(24-22(27)30)23-18-10-9-16-6-4-7-17(16)14-18/h9-10,14-15,23H,4-8,11-13H2,1-3H3,(H,24,30). The molecule has 3 rings (SSSR count). The molecule has 30 heavy (non-hydrogen) atoms. The number of nitrogens with zero attached hydrogens (tertiary/aromatic N) is 3. The van der Waals surface area contributed by atoms with Gasteiger partial charge < -0.3 is 15.1 Å². The molecule has 2 aromatic rings. The Morgan fingerprint density at radius 1 is 1.10 bits per heavy atom. The van der Waals surface area contributed by atoms with Gasteiger partial charge in [-0.1, -0.05) is 6.07 Å². The van der Waals surface area contributed by atoms with Crippen molar-refractivity contribution in [1.29, 1.82) is 0 Å². The Morgan fingerprint density at radius 2 is 1.87 bits per heavy atom. The summed E-state index contributed by atoms with van der Waals surface area (Å²) in [6.45, 7) is 1.65. The molecule has 1 aliphatic carbocycles. The topological polar surface area (TPSA) is 90.4 Å². The number of hydrogen-bond acceptors (Lipinski definition) is 5. The van der Waals surface area contributed by atoms with Gasteiger partial charge in [-0.05, 0) is 63.0 Å². The SMILES string of the molecule is CN(C)CCN(C)C(=O)CCCn1c(=O)cc(Nc2ccc3c(c2)CCC3)[nH]c1=O. The first-order chi connectivity index (χ1) is 14.3. The van der Waals surface area contributed by atoms with Gasteiger partial charge in [0.05, 0.1) is 0 Å². The van der Waals surface area contributed by atoms with E-state index in [1.54, 1.807) is 11.9 Å². The van der Waals surface area contributed by atoms with Crippen LogP contribution in [-0.2, 0) is 24.2 Å². The van der Waals surface area contributed by atoms with E-state index in [4.69, 9.17) is 0 Å². The van der Waals surface area contributed by atoms with Crippen molar-refractivity contribution in [1.82, 2.24) is 19.4 Å². The molecule has 1 aromatic heterocycles. The maximum atomic E-state index is 12.4. The molecule has 0 fully saturated rings. The summed E-state index contributed by atoms with van der Waals surface area (Å²) >= 11 is 0. The molecule has 0 aliphatic heterocycles. The third-order valence-corrected chi connectivity index (χ3v) is 5.48. The zero-order chi connectivity index (χ0) is 21.7. The predicted molar refractivity (Wildman–Crippen MR) is 118 cm³/mol. The van der Waals surface area contributed by atoms with Crippen molar-refractivity contribution in [2.24, 2.45) is 0 Å². The molecule has 0 radical (unpaired) electrons. The van der Waals surface area contributed by atoms with Gasteiger partial charge in [0.15, 0.2) is 0 Å². The Labute approximate surface area is 176 Å². The Morgan fingerprint density at radius 3 is 2.60 bits per heavy atom. The van der Waals surface area contributed by atoms with E-state index < -0.39 is 5.69 Å². The number of aryl methyl sites for hydroxylation is 2. The van der Waals surface area contributed by atoms with Crippen molar-refractivity contribution in [2.75, 3.05) is 39.5 Å². The van der Waals surface area contributed by atoms with Crippen LogP contribution in [0.25, 0.3) is 0 Å². The molecule has 0 unspecified atom stereocenters. The van der Waals surface area contributed by atoms with E-state index in [0.29, 0.717) is 25.2 Å². The lowest BCUT2D eigenvalue weighted by atomic mass is 10.1. The number of nitrogens with one attached hydrogen (secondary N) is 2. The number of amides is 1. The van der Waals surface area contributed by atoms with Gasteiger partial charge >= 0.3 is 5.69 Å². The van der Waals surface area contributed by atoms with Crippen LogP contribution in [0.3, 0.4) is 0 Å². The smallest absolute Gasteiger partial charge is 0.329 e. The molecule has 0 saturated carbocycles. The number of aromatic nitrogens is 2. The van der Waals surface area contributed by atoms with Crippen molar-refractivity contribution in [3.63, 3.8) is 0 Å². The number of H-pyrrole nitrogens is 1. The van der Waals surface area contributed by atoms with Crippen molar-refractivity contribution in [3.8, 4) is 0 Å². The van der Waals surface area contributed by atoms with E-state index in [-0.39, 0.29) is 18.0 Å². The molecular formula is C22H31N5O3. The number of fused-ring (bicyclic) bond motifs is 1. The fourth-order valence-corrected chi connectivity index (χ4v) is 3.66. The molecule has 0 saturated heterocycles. The summed E-state index contributed by atoms with van der Waals surface area (Å²) in [5.41, 5.74) is 2.69. The normalized spacial score (nSPS) is 12.8. The lowest BCUT2D eigenvalue weighted by molar-refractivity contribution is -0.130. The maximum absolute atomic E-state index is 12.4. The fourth-order valence-electron chi connectivity index (χ4n) is 3.66. The van der Waals surface area contributed by atoms with E-state index in [0.717, 1.165) is 29.6 Å². The summed E-state index contributed by atoms with van der Waals surface area (Å²) < 4.78 is 1.14. The Kier molecular flexibility index (Phi) is 7.10. The van der Waals surface area contributed by atoms with E-state index >= 15 is 0 Å². The number of benzene rings is 1. The number of carbonyl (C=O) groups excluding carboxylic acids is 1. The van der Waals surface area contributed by atoms with Crippen molar-refractivity contribution < 1.29 is 4.79 Å². The van der Waals surface area contributed by atoms with Crippen molar-refractivity contribution in [2.45, 2.75) is 38.6 Å². The molecule has 1 amide bonds. The maximum Gasteiger partial charge on any atom is 0.329 e. The minimum absolute atomic E-state index is 0.0104. The van der Waals surface area contributed by atoms with Gasteiger partial charge in [-0.3, -0.25) is 19.1 Å². The number of anilines is 2. The first-order valence-corrected chi connectivity index (χ1v) is 10.4. The van der Waals surface area contributed by atoms with Crippen LogP contribution in [0.1, 0.15) is 30.4 Å². The van der Waals surface area contributed by atoms with Crippen LogP contribution in [0.15, 0.2) is 33.9 Å². The number of hydrogen-bond donors (Lipinski definition) is 2. The fraction of sp³-hybridized carbons (Fsp3) is 0.500. The highest BCUT2D eigenvalue weighted by molar-refractivity contribution is 5.75. The predicted octanol–water partition coefficient (Wildman–Crippen LogP) is 1.57. The first-order valence-electron chi connectivity index (χ1n) is 10.4. The third kappa shape index (κ3) is 5.60. The van der Waals surface area contributed by atoms with Crippen LogP contribution in [0.5, 0.6) is 0 Å². The number of likely N-dealkylation sites (N-methyl/N-ethyl adjacent to an activating group) is 2. The summed E-state index contributed by atoms with van der Waals surface area (Å²) in [7, 11) is 5.68.